The van der Waals surface area contributed by atoms with Crippen molar-refractivity contribution in [1.82, 2.24) is 20.1 Å². The molecular formula is C19H22F2N6O5S2. The van der Waals surface area contributed by atoms with Crippen molar-refractivity contribution in [2.45, 2.75) is 43.8 Å². The maximum Gasteiger partial charge on any atom is 0.407 e. The van der Waals surface area contributed by atoms with Gasteiger partial charge in [0.05, 0.1) is 0 Å². The summed E-state index contributed by atoms with van der Waals surface area (Å²) in [5.74, 6) is -2.42. The van der Waals surface area contributed by atoms with E-state index in [2.05, 4.69) is 25.2 Å². The molecule has 3 aliphatic heterocycles. The fourth-order valence-electron chi connectivity index (χ4n) is 4.21. The lowest BCUT2D eigenvalue weighted by atomic mass is 9.99. The number of rotatable bonds is 8. The Hall–Kier alpha value is -2.78. The second-order valence-electron chi connectivity index (χ2n) is 7.84. The number of aromatic nitrogens is 1. The van der Waals surface area contributed by atoms with E-state index in [-0.39, 0.29) is 22.6 Å². The van der Waals surface area contributed by atoms with Crippen LogP contribution in [0.4, 0.5) is 13.9 Å². The molecule has 0 radical (unpaired) electrons. The third-order valence-corrected chi connectivity index (χ3v) is 7.86. The Bertz CT molecular complexity index is 1060. The molecule has 3 atom stereocenters. The van der Waals surface area contributed by atoms with Crippen LogP contribution in [0.2, 0.25) is 0 Å². The Kier molecular flexibility index (Phi) is 7.04. The van der Waals surface area contributed by atoms with Crippen LogP contribution in [0.3, 0.4) is 0 Å². The summed E-state index contributed by atoms with van der Waals surface area (Å²) in [6, 6.07) is -1.20. The monoisotopic (exact) mass is 516 g/mol. The third-order valence-electron chi connectivity index (χ3n) is 5.88. The van der Waals surface area contributed by atoms with E-state index in [9.17, 15) is 28.3 Å². The number of anilines is 1. The van der Waals surface area contributed by atoms with Crippen molar-refractivity contribution in [2.75, 3.05) is 24.6 Å². The minimum absolute atomic E-state index is 0.0687. The molecule has 4 rings (SSSR count). The minimum atomic E-state index is -3.27. The molecule has 4 N–H and O–H groups in total. The lowest BCUT2D eigenvalue weighted by Crippen LogP contribution is -2.71. The number of likely N-dealkylation sites (tertiary alicyclic amines) is 1. The van der Waals surface area contributed by atoms with Gasteiger partial charge in [0.1, 0.15) is 22.8 Å². The first-order valence-electron chi connectivity index (χ1n) is 10.4. The molecule has 2 unspecified atom stereocenters. The van der Waals surface area contributed by atoms with Crippen LogP contribution < -0.4 is 11.1 Å². The Balaban J connectivity index is 1.53. The number of amides is 2. The molecule has 2 amide bonds. The average molecular weight is 517 g/mol. The highest BCUT2D eigenvalue weighted by Crippen LogP contribution is 2.42. The molecule has 0 saturated carbocycles. The summed E-state index contributed by atoms with van der Waals surface area (Å²) < 4.78 is 25.0. The van der Waals surface area contributed by atoms with E-state index in [1.54, 1.807) is 0 Å². The number of aliphatic carboxylic acids is 1. The number of hydrogen-bond donors (Lipinski definition) is 3. The van der Waals surface area contributed by atoms with E-state index >= 15 is 0 Å². The highest BCUT2D eigenvalue weighted by molar-refractivity contribution is 8.00. The molecule has 184 valence electrons. The number of nitrogens with two attached hydrogens (primary N) is 1. The summed E-state index contributed by atoms with van der Waals surface area (Å²) in [6.45, 7) is 0.386. The normalized spacial score (nSPS) is 24.2. The first-order valence-corrected chi connectivity index (χ1v) is 12.3. The molecule has 1 aromatic heterocycles. The molecular weight excluding hydrogens is 494 g/mol. The zero-order chi connectivity index (χ0) is 24.6. The second kappa shape index (κ2) is 9.84. The number of fused-ring (bicyclic) bond motifs is 1. The van der Waals surface area contributed by atoms with Crippen LogP contribution in [0, 0.1) is 0 Å². The van der Waals surface area contributed by atoms with E-state index in [4.69, 9.17) is 5.73 Å². The number of oxime groups is 1. The maximum atomic E-state index is 12.9. The summed E-state index contributed by atoms with van der Waals surface area (Å²) in [7, 11) is 0. The van der Waals surface area contributed by atoms with Crippen molar-refractivity contribution in [3.8, 4) is 0 Å². The minimum Gasteiger partial charge on any atom is -0.477 e. The van der Waals surface area contributed by atoms with E-state index in [0.717, 1.165) is 37.3 Å². The first-order chi connectivity index (χ1) is 16.2. The van der Waals surface area contributed by atoms with Crippen LogP contribution in [-0.4, -0.2) is 86.3 Å². The van der Waals surface area contributed by atoms with E-state index in [1.807, 2.05) is 6.92 Å². The molecule has 0 spiro atoms. The first kappa shape index (κ1) is 24.3. The SMILES string of the molecule is CC(C1=C(C(=O)O)N2C(=O)C(NC(=O)C(=NOC(F)F)c3csc(N)n3)[C@@H]2SC1)N1CCCC1. The number of thiazole rings is 1. The van der Waals surface area contributed by atoms with Crippen molar-refractivity contribution in [2.24, 2.45) is 5.16 Å². The number of alkyl halides is 2. The summed E-state index contributed by atoms with van der Waals surface area (Å²) in [5.41, 5.74) is 5.47. The molecule has 0 aromatic carbocycles. The van der Waals surface area contributed by atoms with Gasteiger partial charge in [-0.05, 0) is 38.4 Å². The largest absolute Gasteiger partial charge is 0.477 e. The van der Waals surface area contributed by atoms with E-state index < -0.39 is 41.5 Å². The standard InChI is InChI=1S/C19H22F2N6O5S2/c1-8(26-4-2-3-5-26)9-6-33-16-12(15(29)27(16)13(9)17(30)31)24-14(28)11(25-32-18(20)21)10-7-34-19(22)23-10/h7-8,12,16,18H,2-6H2,1H3,(H2,22,23)(H,24,28)(H,30,31)/t8?,12?,16-/m0/s1. The molecule has 1 aromatic rings. The summed E-state index contributed by atoms with van der Waals surface area (Å²) >= 11 is 2.30. The topological polar surface area (TPSA) is 150 Å². The van der Waals surface area contributed by atoms with Crippen LogP contribution in [-0.2, 0) is 19.2 Å². The Labute approximate surface area is 201 Å². The fraction of sp³-hybridized carbons (Fsp3) is 0.526. The van der Waals surface area contributed by atoms with Gasteiger partial charge in [-0.3, -0.25) is 19.4 Å². The van der Waals surface area contributed by atoms with Crippen LogP contribution in [0.5, 0.6) is 0 Å². The van der Waals surface area contributed by atoms with Crippen molar-refractivity contribution < 1.29 is 33.1 Å². The average Bonchev–Trinajstić information content (AvgIpc) is 3.48. The number of halogens is 2. The number of thioether (sulfide) groups is 1. The number of nitrogen functional groups attached to an aromatic ring is 1. The van der Waals surface area contributed by atoms with Gasteiger partial charge in [-0.1, -0.05) is 5.16 Å². The van der Waals surface area contributed by atoms with Crippen molar-refractivity contribution in [3.63, 3.8) is 0 Å². The van der Waals surface area contributed by atoms with Gasteiger partial charge >= 0.3 is 12.6 Å². The number of carbonyl (C=O) groups excluding carboxylic acids is 2. The molecule has 2 fully saturated rings. The predicted molar refractivity (Wildman–Crippen MR) is 120 cm³/mol. The zero-order valence-corrected chi connectivity index (χ0v) is 19.6. The highest BCUT2D eigenvalue weighted by Gasteiger charge is 2.55. The van der Waals surface area contributed by atoms with Gasteiger partial charge in [0.2, 0.25) is 0 Å². The van der Waals surface area contributed by atoms with Gasteiger partial charge in [-0.2, -0.15) is 8.78 Å². The molecule has 2 saturated heterocycles. The maximum absolute atomic E-state index is 12.9. The number of nitrogens with zero attached hydrogens (tertiary/aromatic N) is 4. The number of hydrogen-bond acceptors (Lipinski definition) is 10. The van der Waals surface area contributed by atoms with E-state index in [0.29, 0.717) is 11.3 Å². The van der Waals surface area contributed by atoms with Crippen molar-refractivity contribution in [1.29, 1.82) is 0 Å². The number of carboxylic acid groups (broad SMARTS) is 1. The van der Waals surface area contributed by atoms with Crippen molar-refractivity contribution >= 4 is 51.7 Å². The number of β-lactam (4-membered cyclic amide) rings is 1. The quantitative estimate of drug-likeness (QED) is 0.260. The van der Waals surface area contributed by atoms with Crippen LogP contribution in [0.15, 0.2) is 21.8 Å². The van der Waals surface area contributed by atoms with Gasteiger partial charge in [0, 0.05) is 17.2 Å². The van der Waals surface area contributed by atoms with Crippen LogP contribution >= 0.6 is 23.1 Å². The summed E-state index contributed by atoms with van der Waals surface area (Å²) in [6.07, 6.45) is 2.08. The molecule has 3 aliphatic rings. The Morgan fingerprint density at radius 1 is 1.38 bits per heavy atom. The van der Waals surface area contributed by atoms with Gasteiger partial charge in [0.25, 0.3) is 11.8 Å². The number of carbonyl (C=O) groups is 3. The van der Waals surface area contributed by atoms with Gasteiger partial charge in [0.15, 0.2) is 10.8 Å². The van der Waals surface area contributed by atoms with Crippen LogP contribution in [0.25, 0.3) is 0 Å². The Morgan fingerprint density at radius 3 is 2.68 bits per heavy atom. The molecule has 15 heteroatoms. The lowest BCUT2D eigenvalue weighted by molar-refractivity contribution is -0.150. The predicted octanol–water partition coefficient (Wildman–Crippen LogP) is 0.892. The highest BCUT2D eigenvalue weighted by atomic mass is 32.2. The Morgan fingerprint density at radius 2 is 2.09 bits per heavy atom. The third kappa shape index (κ3) is 4.59. The molecule has 34 heavy (non-hydrogen) atoms. The van der Waals surface area contributed by atoms with Crippen molar-refractivity contribution in [3.05, 3.63) is 22.3 Å². The van der Waals surface area contributed by atoms with Gasteiger partial charge < -0.3 is 21.0 Å². The fourth-order valence-corrected chi connectivity index (χ4v) is 6.23. The number of carboxylic acids is 1. The molecule has 0 aliphatic carbocycles. The second-order valence-corrected chi connectivity index (χ2v) is 9.83. The molecule has 11 nitrogen and oxygen atoms in total. The molecule has 4 heterocycles. The zero-order valence-electron chi connectivity index (χ0n) is 17.9. The smallest absolute Gasteiger partial charge is 0.407 e. The summed E-state index contributed by atoms with van der Waals surface area (Å²) in [5, 5.41) is 16.3. The lowest BCUT2D eigenvalue weighted by Gasteiger charge is -2.50. The van der Waals surface area contributed by atoms with Gasteiger partial charge in [-0.15, -0.1) is 23.1 Å². The van der Waals surface area contributed by atoms with Gasteiger partial charge in [-0.25, -0.2) is 9.78 Å². The number of nitrogens with one attached hydrogen (secondary N) is 1. The van der Waals surface area contributed by atoms with Crippen LogP contribution in [0.1, 0.15) is 25.5 Å². The van der Waals surface area contributed by atoms with E-state index in [1.165, 1.54) is 22.0 Å². The summed E-state index contributed by atoms with van der Waals surface area (Å²) in [4.78, 5) is 49.0. The molecule has 0 bridgehead atoms.